The molecule has 0 radical (unpaired) electrons. The number of aromatic nitrogens is 1. The van der Waals surface area contributed by atoms with Crippen molar-refractivity contribution in [3.63, 3.8) is 0 Å². The smallest absolute Gasteiger partial charge is 0.405 e. The molecular weight excluding hydrogens is 245 g/mol. The molecule has 18 heavy (non-hydrogen) atoms. The third-order valence-electron chi connectivity index (χ3n) is 2.20. The van der Waals surface area contributed by atoms with E-state index in [1.807, 2.05) is 0 Å². The van der Waals surface area contributed by atoms with Crippen LogP contribution in [0.3, 0.4) is 0 Å². The lowest BCUT2D eigenvalue weighted by Gasteiger charge is -2.13. The summed E-state index contributed by atoms with van der Waals surface area (Å²) in [7, 11) is 0. The lowest BCUT2D eigenvalue weighted by molar-refractivity contribution is -0.274. The molecule has 2 N–H and O–H groups in total. The maximum absolute atomic E-state index is 12.3. The van der Waals surface area contributed by atoms with Crippen LogP contribution in [0.2, 0.25) is 0 Å². The molecule has 94 valence electrons. The predicted octanol–water partition coefficient (Wildman–Crippen LogP) is 3.23. The first-order valence-electron chi connectivity index (χ1n) is 5.02. The maximum atomic E-state index is 12.3. The van der Waals surface area contributed by atoms with Crippen molar-refractivity contribution in [1.82, 2.24) is 4.98 Å². The Labute approximate surface area is 101 Å². The van der Waals surface area contributed by atoms with Gasteiger partial charge < -0.3 is 10.5 Å². The summed E-state index contributed by atoms with van der Waals surface area (Å²) >= 11 is 0. The average molecular weight is 254 g/mol. The minimum absolute atomic E-state index is 0.231. The number of benzene rings is 1. The lowest BCUT2D eigenvalue weighted by atomic mass is 10.1. The molecule has 1 aromatic heterocycles. The van der Waals surface area contributed by atoms with Crippen LogP contribution in [-0.4, -0.2) is 11.3 Å². The second kappa shape index (κ2) is 4.56. The largest absolute Gasteiger partial charge is 0.573 e. The zero-order valence-corrected chi connectivity index (χ0v) is 9.11. The molecule has 0 aliphatic carbocycles. The molecule has 0 saturated carbocycles. The number of halogens is 3. The van der Waals surface area contributed by atoms with Crippen LogP contribution in [0.25, 0.3) is 11.1 Å². The summed E-state index contributed by atoms with van der Waals surface area (Å²) in [5, 5.41) is 0. The summed E-state index contributed by atoms with van der Waals surface area (Å²) in [6.45, 7) is 0. The molecule has 3 nitrogen and oxygen atoms in total. The van der Waals surface area contributed by atoms with Crippen molar-refractivity contribution in [2.24, 2.45) is 0 Å². The Bertz CT molecular complexity index is 555. The fourth-order valence-electron chi connectivity index (χ4n) is 1.53. The van der Waals surface area contributed by atoms with Gasteiger partial charge in [0.25, 0.3) is 0 Å². The molecule has 0 unspecified atom stereocenters. The van der Waals surface area contributed by atoms with E-state index < -0.39 is 6.36 Å². The zero-order valence-electron chi connectivity index (χ0n) is 9.11. The predicted molar refractivity (Wildman–Crippen MR) is 60.8 cm³/mol. The summed E-state index contributed by atoms with van der Waals surface area (Å²) in [4.78, 5) is 3.78. The number of nitrogen functional groups attached to an aromatic ring is 1. The number of nitrogens with two attached hydrogens (primary N) is 1. The van der Waals surface area contributed by atoms with Gasteiger partial charge >= 0.3 is 6.36 Å². The standard InChI is InChI=1S/C12H9F3N2O/c13-12(14,15)18-10-4-2-1-3-9(10)8-5-6-17-11(16)7-8/h1-7H,(H2,16,17). The maximum Gasteiger partial charge on any atom is 0.573 e. The molecule has 1 heterocycles. The molecule has 0 amide bonds. The summed E-state index contributed by atoms with van der Waals surface area (Å²) in [6.07, 6.45) is -3.30. The normalized spacial score (nSPS) is 11.3. The van der Waals surface area contributed by atoms with Gasteiger partial charge in [0, 0.05) is 11.8 Å². The second-order valence-corrected chi connectivity index (χ2v) is 3.51. The molecule has 0 saturated heterocycles. The highest BCUT2D eigenvalue weighted by molar-refractivity contribution is 5.71. The number of para-hydroxylation sites is 1. The van der Waals surface area contributed by atoms with Gasteiger partial charge in [0.15, 0.2) is 0 Å². The monoisotopic (exact) mass is 254 g/mol. The van der Waals surface area contributed by atoms with E-state index in [1.54, 1.807) is 12.1 Å². The van der Waals surface area contributed by atoms with E-state index in [-0.39, 0.29) is 11.6 Å². The first kappa shape index (κ1) is 12.2. The summed E-state index contributed by atoms with van der Waals surface area (Å²) in [6, 6.07) is 8.91. The molecule has 0 aliphatic rings. The van der Waals surface area contributed by atoms with Crippen molar-refractivity contribution in [2.75, 3.05) is 5.73 Å². The van der Waals surface area contributed by atoms with Gasteiger partial charge in [0.1, 0.15) is 11.6 Å². The highest BCUT2D eigenvalue weighted by atomic mass is 19.4. The Morgan fingerprint density at radius 1 is 1.11 bits per heavy atom. The minimum Gasteiger partial charge on any atom is -0.405 e. The van der Waals surface area contributed by atoms with Crippen molar-refractivity contribution < 1.29 is 17.9 Å². The van der Waals surface area contributed by atoms with Gasteiger partial charge in [-0.3, -0.25) is 0 Å². The number of ether oxygens (including phenoxy) is 1. The van der Waals surface area contributed by atoms with Gasteiger partial charge in [-0.1, -0.05) is 18.2 Å². The van der Waals surface area contributed by atoms with Gasteiger partial charge in [-0.2, -0.15) is 0 Å². The number of nitrogens with zero attached hydrogens (tertiary/aromatic N) is 1. The van der Waals surface area contributed by atoms with Crippen molar-refractivity contribution in [2.45, 2.75) is 6.36 Å². The van der Waals surface area contributed by atoms with E-state index in [4.69, 9.17) is 5.73 Å². The second-order valence-electron chi connectivity index (χ2n) is 3.51. The van der Waals surface area contributed by atoms with Crippen molar-refractivity contribution >= 4 is 5.82 Å². The van der Waals surface area contributed by atoms with Gasteiger partial charge in [-0.05, 0) is 23.8 Å². The molecule has 0 spiro atoms. The number of pyridine rings is 1. The van der Waals surface area contributed by atoms with Crippen LogP contribution in [0.1, 0.15) is 0 Å². The average Bonchev–Trinajstić information content (AvgIpc) is 2.27. The third-order valence-corrected chi connectivity index (χ3v) is 2.20. The molecule has 2 rings (SSSR count). The molecule has 0 aliphatic heterocycles. The fourth-order valence-corrected chi connectivity index (χ4v) is 1.53. The lowest BCUT2D eigenvalue weighted by Crippen LogP contribution is -2.17. The minimum atomic E-state index is -4.73. The number of hydrogen-bond acceptors (Lipinski definition) is 3. The Morgan fingerprint density at radius 2 is 1.83 bits per heavy atom. The first-order chi connectivity index (χ1) is 8.46. The molecule has 2 aromatic rings. The first-order valence-corrected chi connectivity index (χ1v) is 5.02. The number of alkyl halides is 3. The Kier molecular flexibility index (Phi) is 3.10. The SMILES string of the molecule is Nc1cc(-c2ccccc2OC(F)(F)F)ccn1. The van der Waals surface area contributed by atoms with Crippen molar-refractivity contribution in [1.29, 1.82) is 0 Å². The van der Waals surface area contributed by atoms with Crippen LogP contribution >= 0.6 is 0 Å². The van der Waals surface area contributed by atoms with E-state index in [0.29, 0.717) is 11.1 Å². The zero-order chi connectivity index (χ0) is 13.2. The molecule has 1 aromatic carbocycles. The van der Waals surface area contributed by atoms with Gasteiger partial charge in [-0.15, -0.1) is 13.2 Å². The van der Waals surface area contributed by atoms with E-state index in [9.17, 15) is 13.2 Å². The van der Waals surface area contributed by atoms with E-state index >= 15 is 0 Å². The summed E-state index contributed by atoms with van der Waals surface area (Å²) in [5.41, 5.74) is 6.32. The Balaban J connectivity index is 2.45. The highest BCUT2D eigenvalue weighted by Crippen LogP contribution is 2.33. The Morgan fingerprint density at radius 3 is 2.50 bits per heavy atom. The molecule has 0 bridgehead atoms. The topological polar surface area (TPSA) is 48.1 Å². The van der Waals surface area contributed by atoms with Crippen LogP contribution in [-0.2, 0) is 0 Å². The van der Waals surface area contributed by atoms with Crippen LogP contribution in [0.5, 0.6) is 5.75 Å². The van der Waals surface area contributed by atoms with Crippen molar-refractivity contribution in [3.05, 3.63) is 42.6 Å². The van der Waals surface area contributed by atoms with Gasteiger partial charge in [0.2, 0.25) is 0 Å². The van der Waals surface area contributed by atoms with E-state index in [2.05, 4.69) is 9.72 Å². The molecule has 6 heteroatoms. The fraction of sp³-hybridized carbons (Fsp3) is 0.0833. The van der Waals surface area contributed by atoms with E-state index in [1.165, 1.54) is 30.5 Å². The van der Waals surface area contributed by atoms with Crippen LogP contribution in [0, 0.1) is 0 Å². The number of anilines is 1. The van der Waals surface area contributed by atoms with Crippen LogP contribution in [0.4, 0.5) is 19.0 Å². The summed E-state index contributed by atoms with van der Waals surface area (Å²) in [5.74, 6) is -0.0371. The molecule has 0 atom stereocenters. The van der Waals surface area contributed by atoms with Crippen molar-refractivity contribution in [3.8, 4) is 16.9 Å². The van der Waals surface area contributed by atoms with Gasteiger partial charge in [0.05, 0.1) is 0 Å². The van der Waals surface area contributed by atoms with E-state index in [0.717, 1.165) is 0 Å². The quantitative estimate of drug-likeness (QED) is 0.895. The van der Waals surface area contributed by atoms with Crippen LogP contribution in [0.15, 0.2) is 42.6 Å². The summed E-state index contributed by atoms with van der Waals surface area (Å²) < 4.78 is 40.7. The highest BCUT2D eigenvalue weighted by Gasteiger charge is 2.32. The third kappa shape index (κ3) is 2.91. The Hall–Kier alpha value is -2.24. The van der Waals surface area contributed by atoms with Crippen LogP contribution < -0.4 is 10.5 Å². The molecule has 0 fully saturated rings. The number of rotatable bonds is 2. The molecular formula is C12H9F3N2O. The van der Waals surface area contributed by atoms with Gasteiger partial charge in [-0.25, -0.2) is 4.98 Å². The number of hydrogen-bond donors (Lipinski definition) is 1.